The number of nitrogens with zero attached hydrogens (tertiary/aromatic N) is 3. The Bertz CT molecular complexity index is 411. The summed E-state index contributed by atoms with van der Waals surface area (Å²) >= 11 is 0. The number of hydrogen-bond donors (Lipinski definition) is 0. The molecule has 0 spiro atoms. The Hall–Kier alpha value is -1.68. The van der Waals surface area contributed by atoms with E-state index in [0.29, 0.717) is 6.61 Å². The van der Waals surface area contributed by atoms with Crippen LogP contribution in [0, 0.1) is 0 Å². The van der Waals surface area contributed by atoms with E-state index in [4.69, 9.17) is 4.74 Å². The molecule has 15 heavy (non-hydrogen) atoms. The van der Waals surface area contributed by atoms with Crippen LogP contribution in [0.1, 0.15) is 12.5 Å². The number of rotatable bonds is 4. The van der Waals surface area contributed by atoms with Gasteiger partial charge < -0.3 is 4.74 Å². The fraction of sp³-hybridized carbons (Fsp3) is 0.273. The van der Waals surface area contributed by atoms with Gasteiger partial charge in [-0.2, -0.15) is 5.10 Å². The van der Waals surface area contributed by atoms with Gasteiger partial charge >= 0.3 is 0 Å². The Morgan fingerprint density at radius 2 is 2.33 bits per heavy atom. The first kappa shape index (κ1) is 9.86. The summed E-state index contributed by atoms with van der Waals surface area (Å²) in [6.07, 6.45) is 7.28. The quantitative estimate of drug-likeness (QED) is 0.760. The summed E-state index contributed by atoms with van der Waals surface area (Å²) in [7, 11) is 0. The molecule has 0 unspecified atom stereocenters. The highest BCUT2D eigenvalue weighted by molar-refractivity contribution is 5.27. The topological polar surface area (TPSA) is 39.9 Å². The van der Waals surface area contributed by atoms with Gasteiger partial charge in [-0.15, -0.1) is 0 Å². The minimum absolute atomic E-state index is 0.608. The first-order valence-electron chi connectivity index (χ1n) is 4.92. The van der Waals surface area contributed by atoms with Crippen LogP contribution in [0.3, 0.4) is 0 Å². The molecule has 0 saturated carbocycles. The third-order valence-corrected chi connectivity index (χ3v) is 2.02. The zero-order valence-electron chi connectivity index (χ0n) is 8.63. The van der Waals surface area contributed by atoms with Crippen molar-refractivity contribution in [3.05, 3.63) is 42.5 Å². The van der Waals surface area contributed by atoms with Crippen molar-refractivity contribution < 1.29 is 4.74 Å². The van der Waals surface area contributed by atoms with Gasteiger partial charge in [0.05, 0.1) is 24.7 Å². The first-order chi connectivity index (χ1) is 7.40. The molecule has 4 nitrogen and oxygen atoms in total. The third kappa shape index (κ3) is 2.41. The lowest BCUT2D eigenvalue weighted by Gasteiger charge is -1.98. The summed E-state index contributed by atoms with van der Waals surface area (Å²) < 4.78 is 7.09. The molecule has 0 radical (unpaired) electrons. The van der Waals surface area contributed by atoms with Gasteiger partial charge in [0.1, 0.15) is 0 Å². The van der Waals surface area contributed by atoms with Gasteiger partial charge in [-0.1, -0.05) is 0 Å². The number of pyridine rings is 1. The zero-order valence-corrected chi connectivity index (χ0v) is 8.63. The summed E-state index contributed by atoms with van der Waals surface area (Å²) in [6, 6.07) is 3.85. The molecule has 2 aromatic heterocycles. The highest BCUT2D eigenvalue weighted by Gasteiger charge is 2.00. The standard InChI is InChI=1S/C11H13N3O/c1-2-15-9-10-6-13-14(8-10)11-4-3-5-12-7-11/h3-8H,2,9H2,1H3. The molecule has 0 amide bonds. The van der Waals surface area contributed by atoms with E-state index in [1.54, 1.807) is 17.1 Å². The van der Waals surface area contributed by atoms with Gasteiger partial charge in [-0.05, 0) is 19.1 Å². The molecule has 4 heteroatoms. The van der Waals surface area contributed by atoms with Gasteiger partial charge in [0.25, 0.3) is 0 Å². The van der Waals surface area contributed by atoms with Gasteiger partial charge in [-0.3, -0.25) is 4.98 Å². The predicted molar refractivity (Wildman–Crippen MR) is 56.7 cm³/mol. The average Bonchev–Trinajstić information content (AvgIpc) is 2.76. The molecule has 78 valence electrons. The van der Waals surface area contributed by atoms with Crippen LogP contribution < -0.4 is 0 Å². The van der Waals surface area contributed by atoms with Crippen LogP contribution in [-0.4, -0.2) is 21.4 Å². The molecule has 0 aliphatic heterocycles. The fourth-order valence-electron chi connectivity index (χ4n) is 1.29. The first-order valence-corrected chi connectivity index (χ1v) is 4.92. The van der Waals surface area contributed by atoms with Gasteiger partial charge in [0.2, 0.25) is 0 Å². The molecule has 2 rings (SSSR count). The normalized spacial score (nSPS) is 10.5. The lowest BCUT2D eigenvalue weighted by Crippen LogP contribution is -1.94. The predicted octanol–water partition coefficient (Wildman–Crippen LogP) is 1.80. The van der Waals surface area contributed by atoms with E-state index in [1.165, 1.54) is 0 Å². The maximum atomic E-state index is 5.30. The molecule has 0 N–H and O–H groups in total. The molecule has 0 aliphatic carbocycles. The van der Waals surface area contributed by atoms with Crippen LogP contribution in [0.4, 0.5) is 0 Å². The van der Waals surface area contributed by atoms with E-state index in [2.05, 4.69) is 10.1 Å². The van der Waals surface area contributed by atoms with Gasteiger partial charge in [0.15, 0.2) is 0 Å². The van der Waals surface area contributed by atoms with E-state index in [9.17, 15) is 0 Å². The van der Waals surface area contributed by atoms with Crippen LogP contribution in [0.15, 0.2) is 36.9 Å². The number of aromatic nitrogens is 3. The average molecular weight is 203 g/mol. The Labute approximate surface area is 88.5 Å². The highest BCUT2D eigenvalue weighted by Crippen LogP contribution is 2.06. The van der Waals surface area contributed by atoms with E-state index >= 15 is 0 Å². The largest absolute Gasteiger partial charge is 0.377 e. The van der Waals surface area contributed by atoms with E-state index < -0.39 is 0 Å². The Morgan fingerprint density at radius 3 is 3.07 bits per heavy atom. The second-order valence-corrected chi connectivity index (χ2v) is 3.14. The van der Waals surface area contributed by atoms with Crippen LogP contribution in [-0.2, 0) is 11.3 Å². The van der Waals surface area contributed by atoms with E-state index in [-0.39, 0.29) is 0 Å². The molecular formula is C11H13N3O. The van der Waals surface area contributed by atoms with E-state index in [1.807, 2.05) is 31.5 Å². The van der Waals surface area contributed by atoms with Crippen molar-refractivity contribution in [3.8, 4) is 5.69 Å². The number of ether oxygens (including phenoxy) is 1. The maximum absolute atomic E-state index is 5.30. The molecule has 2 heterocycles. The molecule has 0 atom stereocenters. The minimum Gasteiger partial charge on any atom is -0.377 e. The Morgan fingerprint density at radius 1 is 1.40 bits per heavy atom. The van der Waals surface area contributed by atoms with Crippen molar-refractivity contribution in [3.63, 3.8) is 0 Å². The molecule has 0 saturated heterocycles. The highest BCUT2D eigenvalue weighted by atomic mass is 16.5. The van der Waals surface area contributed by atoms with E-state index in [0.717, 1.165) is 17.9 Å². The van der Waals surface area contributed by atoms with Crippen molar-refractivity contribution in [2.24, 2.45) is 0 Å². The monoisotopic (exact) mass is 203 g/mol. The lowest BCUT2D eigenvalue weighted by atomic mass is 10.4. The van der Waals surface area contributed by atoms with Crippen LogP contribution >= 0.6 is 0 Å². The smallest absolute Gasteiger partial charge is 0.0828 e. The summed E-state index contributed by atoms with van der Waals surface area (Å²) in [5, 5.41) is 4.24. The van der Waals surface area contributed by atoms with Crippen LogP contribution in [0.2, 0.25) is 0 Å². The van der Waals surface area contributed by atoms with Crippen molar-refractivity contribution in [1.82, 2.24) is 14.8 Å². The molecule has 0 aliphatic rings. The van der Waals surface area contributed by atoms with Gasteiger partial charge in [-0.25, -0.2) is 4.68 Å². The maximum Gasteiger partial charge on any atom is 0.0828 e. The van der Waals surface area contributed by atoms with Crippen LogP contribution in [0.5, 0.6) is 0 Å². The van der Waals surface area contributed by atoms with Crippen molar-refractivity contribution in [1.29, 1.82) is 0 Å². The second-order valence-electron chi connectivity index (χ2n) is 3.14. The zero-order chi connectivity index (χ0) is 10.5. The summed E-state index contributed by atoms with van der Waals surface area (Å²) in [6.45, 7) is 3.31. The van der Waals surface area contributed by atoms with Gasteiger partial charge in [0, 0.05) is 24.6 Å². The Balaban J connectivity index is 2.14. The van der Waals surface area contributed by atoms with Crippen molar-refractivity contribution >= 4 is 0 Å². The Kier molecular flexibility index (Phi) is 3.09. The van der Waals surface area contributed by atoms with Crippen molar-refractivity contribution in [2.45, 2.75) is 13.5 Å². The molecule has 0 aromatic carbocycles. The SMILES string of the molecule is CCOCc1cnn(-c2cccnc2)c1. The molecule has 2 aromatic rings. The molecular weight excluding hydrogens is 190 g/mol. The minimum atomic E-state index is 0.608. The van der Waals surface area contributed by atoms with Crippen molar-refractivity contribution in [2.75, 3.05) is 6.61 Å². The molecule has 0 fully saturated rings. The second kappa shape index (κ2) is 4.70. The molecule has 0 bridgehead atoms. The summed E-state index contributed by atoms with van der Waals surface area (Å²) in [4.78, 5) is 4.04. The third-order valence-electron chi connectivity index (χ3n) is 2.02. The number of hydrogen-bond acceptors (Lipinski definition) is 3. The fourth-order valence-corrected chi connectivity index (χ4v) is 1.29. The summed E-state index contributed by atoms with van der Waals surface area (Å²) in [5.41, 5.74) is 2.03. The van der Waals surface area contributed by atoms with Crippen LogP contribution in [0.25, 0.3) is 5.69 Å². The lowest BCUT2D eigenvalue weighted by molar-refractivity contribution is 0.134. The summed E-state index contributed by atoms with van der Waals surface area (Å²) in [5.74, 6) is 0.